The molecule has 0 saturated carbocycles. The fourth-order valence-corrected chi connectivity index (χ4v) is 4.58. The third-order valence-electron chi connectivity index (χ3n) is 6.06. The van der Waals surface area contributed by atoms with E-state index in [0.717, 1.165) is 38.0 Å². The van der Waals surface area contributed by atoms with E-state index in [4.69, 9.17) is 27.9 Å². The highest BCUT2D eigenvalue weighted by Crippen LogP contribution is 2.33. The van der Waals surface area contributed by atoms with E-state index in [2.05, 4.69) is 15.5 Å². The standard InChI is InChI=1S/C23H26Cl2N4O4/c24-19-5-4-16(12-20(19)25)23(30)27-17-8-11-28(14-17)10-7-15-2-1-3-21(29(31)32)22(15)33-18-6-9-26-13-18/h1-5,12,17-18,26H,6-11,13-14H2,(H,27,30). The zero-order valence-corrected chi connectivity index (χ0v) is 19.6. The monoisotopic (exact) mass is 492 g/mol. The van der Waals surface area contributed by atoms with Crippen LogP contribution in [-0.2, 0) is 6.42 Å². The number of hydrogen-bond acceptors (Lipinski definition) is 6. The number of ether oxygens (including phenoxy) is 1. The minimum absolute atomic E-state index is 0.00703. The highest BCUT2D eigenvalue weighted by atomic mass is 35.5. The quantitative estimate of drug-likeness (QED) is 0.430. The van der Waals surface area contributed by atoms with Crippen LogP contribution >= 0.6 is 23.2 Å². The second-order valence-electron chi connectivity index (χ2n) is 8.39. The number of rotatable bonds is 8. The Morgan fingerprint density at radius 1 is 1.24 bits per heavy atom. The molecule has 2 aliphatic heterocycles. The molecule has 2 N–H and O–H groups in total. The first-order valence-corrected chi connectivity index (χ1v) is 11.8. The van der Waals surface area contributed by atoms with Crippen LogP contribution in [0.5, 0.6) is 5.75 Å². The molecule has 1 amide bonds. The zero-order chi connectivity index (χ0) is 23.4. The molecule has 2 atom stereocenters. The molecule has 8 nitrogen and oxygen atoms in total. The summed E-state index contributed by atoms with van der Waals surface area (Å²) in [5.41, 5.74) is 1.31. The molecule has 2 fully saturated rings. The summed E-state index contributed by atoms with van der Waals surface area (Å²) in [6, 6.07) is 9.95. The van der Waals surface area contributed by atoms with Crippen molar-refractivity contribution in [3.63, 3.8) is 0 Å². The summed E-state index contributed by atoms with van der Waals surface area (Å²) >= 11 is 11.9. The minimum Gasteiger partial charge on any atom is -0.482 e. The fraction of sp³-hybridized carbons (Fsp3) is 0.435. The van der Waals surface area contributed by atoms with Crippen LogP contribution in [0.4, 0.5) is 5.69 Å². The number of para-hydroxylation sites is 1. The van der Waals surface area contributed by atoms with E-state index in [1.165, 1.54) is 6.07 Å². The van der Waals surface area contributed by atoms with Gasteiger partial charge in [-0.1, -0.05) is 35.3 Å². The molecule has 2 aliphatic rings. The normalized spacial score (nSPS) is 20.7. The summed E-state index contributed by atoms with van der Waals surface area (Å²) in [7, 11) is 0. The molecule has 2 aromatic rings. The molecule has 33 heavy (non-hydrogen) atoms. The summed E-state index contributed by atoms with van der Waals surface area (Å²) < 4.78 is 6.05. The van der Waals surface area contributed by atoms with E-state index in [1.807, 2.05) is 6.07 Å². The summed E-state index contributed by atoms with van der Waals surface area (Å²) in [4.78, 5) is 26.0. The number of carbonyl (C=O) groups excluding carboxylic acids is 1. The van der Waals surface area contributed by atoms with Crippen LogP contribution in [0.2, 0.25) is 10.0 Å². The van der Waals surface area contributed by atoms with Gasteiger partial charge in [0.1, 0.15) is 6.10 Å². The summed E-state index contributed by atoms with van der Waals surface area (Å²) in [5.74, 6) is 0.194. The molecule has 0 aliphatic carbocycles. The fourth-order valence-electron chi connectivity index (χ4n) is 4.28. The Labute approximate surface area is 202 Å². The Morgan fingerprint density at radius 2 is 2.09 bits per heavy atom. The number of halogens is 2. The molecular formula is C23H26Cl2N4O4. The molecule has 2 saturated heterocycles. The molecule has 0 spiro atoms. The second-order valence-corrected chi connectivity index (χ2v) is 9.21. The largest absolute Gasteiger partial charge is 0.482 e. The molecule has 2 unspecified atom stereocenters. The molecular weight excluding hydrogens is 467 g/mol. The van der Waals surface area contributed by atoms with E-state index < -0.39 is 0 Å². The van der Waals surface area contributed by atoms with Crippen molar-refractivity contribution in [2.45, 2.75) is 31.4 Å². The number of nitro groups is 1. The maximum Gasteiger partial charge on any atom is 0.311 e. The maximum absolute atomic E-state index is 12.5. The van der Waals surface area contributed by atoms with Gasteiger partial charge in [-0.2, -0.15) is 0 Å². The van der Waals surface area contributed by atoms with Gasteiger partial charge in [0, 0.05) is 49.4 Å². The van der Waals surface area contributed by atoms with Crippen LogP contribution in [0.25, 0.3) is 0 Å². The number of nitro benzene ring substituents is 1. The lowest BCUT2D eigenvalue weighted by molar-refractivity contribution is -0.386. The van der Waals surface area contributed by atoms with Crippen molar-refractivity contribution in [2.75, 3.05) is 32.7 Å². The molecule has 10 heteroatoms. The van der Waals surface area contributed by atoms with Gasteiger partial charge in [0.25, 0.3) is 5.91 Å². The molecule has 2 aromatic carbocycles. The Hall–Kier alpha value is -2.39. The average molecular weight is 493 g/mol. The predicted octanol–water partition coefficient (Wildman–Crippen LogP) is 3.69. The van der Waals surface area contributed by atoms with Crippen LogP contribution in [-0.4, -0.2) is 60.6 Å². The molecule has 0 radical (unpaired) electrons. The average Bonchev–Trinajstić information content (AvgIpc) is 3.46. The van der Waals surface area contributed by atoms with Gasteiger partial charge < -0.3 is 20.3 Å². The van der Waals surface area contributed by atoms with Crippen molar-refractivity contribution in [3.05, 3.63) is 67.7 Å². The first-order chi connectivity index (χ1) is 15.9. The second kappa shape index (κ2) is 10.7. The maximum atomic E-state index is 12.5. The van der Waals surface area contributed by atoms with Gasteiger partial charge in [-0.15, -0.1) is 0 Å². The van der Waals surface area contributed by atoms with Crippen LogP contribution in [0.1, 0.15) is 28.8 Å². The first-order valence-electron chi connectivity index (χ1n) is 11.0. The lowest BCUT2D eigenvalue weighted by atomic mass is 10.1. The number of nitrogens with zero attached hydrogens (tertiary/aromatic N) is 2. The summed E-state index contributed by atoms with van der Waals surface area (Å²) in [6.45, 7) is 3.82. The smallest absolute Gasteiger partial charge is 0.311 e. The van der Waals surface area contributed by atoms with Crippen molar-refractivity contribution < 1.29 is 14.5 Å². The van der Waals surface area contributed by atoms with Crippen LogP contribution in [0.15, 0.2) is 36.4 Å². The Kier molecular flexibility index (Phi) is 7.70. The predicted molar refractivity (Wildman–Crippen MR) is 127 cm³/mol. The third-order valence-corrected chi connectivity index (χ3v) is 6.80. The number of nitrogens with one attached hydrogen (secondary N) is 2. The molecule has 4 rings (SSSR count). The topological polar surface area (TPSA) is 96.7 Å². The number of likely N-dealkylation sites (tertiary alicyclic amines) is 1. The zero-order valence-electron chi connectivity index (χ0n) is 18.1. The van der Waals surface area contributed by atoms with E-state index in [-0.39, 0.29) is 28.7 Å². The minimum atomic E-state index is -0.383. The highest BCUT2D eigenvalue weighted by molar-refractivity contribution is 6.42. The van der Waals surface area contributed by atoms with Gasteiger partial charge in [0.05, 0.1) is 15.0 Å². The number of hydrogen-bond donors (Lipinski definition) is 2. The molecule has 176 valence electrons. The van der Waals surface area contributed by atoms with Crippen LogP contribution in [0.3, 0.4) is 0 Å². The van der Waals surface area contributed by atoms with Crippen molar-refractivity contribution in [1.82, 2.24) is 15.5 Å². The van der Waals surface area contributed by atoms with E-state index in [9.17, 15) is 14.9 Å². The molecule has 2 heterocycles. The van der Waals surface area contributed by atoms with Gasteiger partial charge in [0.2, 0.25) is 5.75 Å². The lowest BCUT2D eigenvalue weighted by Gasteiger charge is -2.19. The van der Waals surface area contributed by atoms with Crippen LogP contribution < -0.4 is 15.4 Å². The van der Waals surface area contributed by atoms with Gasteiger partial charge in [-0.3, -0.25) is 14.9 Å². The summed E-state index contributed by atoms with van der Waals surface area (Å²) in [6.07, 6.45) is 2.24. The highest BCUT2D eigenvalue weighted by Gasteiger charge is 2.27. The molecule has 0 bridgehead atoms. The van der Waals surface area contributed by atoms with Gasteiger partial charge in [0.15, 0.2) is 0 Å². The van der Waals surface area contributed by atoms with Crippen molar-refractivity contribution in [3.8, 4) is 5.75 Å². The van der Waals surface area contributed by atoms with Gasteiger partial charge in [-0.25, -0.2) is 0 Å². The lowest BCUT2D eigenvalue weighted by Crippen LogP contribution is -2.37. The first kappa shape index (κ1) is 23.8. The van der Waals surface area contributed by atoms with E-state index in [0.29, 0.717) is 40.9 Å². The third kappa shape index (κ3) is 5.95. The van der Waals surface area contributed by atoms with Gasteiger partial charge in [-0.05, 0) is 44.0 Å². The van der Waals surface area contributed by atoms with Gasteiger partial charge >= 0.3 is 5.69 Å². The van der Waals surface area contributed by atoms with Crippen molar-refractivity contribution in [1.29, 1.82) is 0 Å². The van der Waals surface area contributed by atoms with E-state index >= 15 is 0 Å². The Balaban J connectivity index is 1.35. The summed E-state index contributed by atoms with van der Waals surface area (Å²) in [5, 5.41) is 18.6. The van der Waals surface area contributed by atoms with Crippen LogP contribution in [0, 0.1) is 10.1 Å². The van der Waals surface area contributed by atoms with Crippen molar-refractivity contribution in [2.24, 2.45) is 0 Å². The molecule has 0 aromatic heterocycles. The van der Waals surface area contributed by atoms with Crippen molar-refractivity contribution >= 4 is 34.8 Å². The SMILES string of the molecule is O=C(NC1CCN(CCc2cccc([N+](=O)[O-])c2OC2CCNC2)C1)c1ccc(Cl)c(Cl)c1. The number of benzene rings is 2. The number of carbonyl (C=O) groups is 1. The Bertz CT molecular complexity index is 1030. The van der Waals surface area contributed by atoms with E-state index in [1.54, 1.807) is 24.3 Å². The number of amides is 1. The Morgan fingerprint density at radius 3 is 2.82 bits per heavy atom.